The van der Waals surface area contributed by atoms with Crippen molar-refractivity contribution in [2.75, 3.05) is 13.1 Å². The number of carbonyl (C=O) groups is 1. The molecule has 2 aliphatic rings. The van der Waals surface area contributed by atoms with Gasteiger partial charge in [0.15, 0.2) is 0 Å². The number of benzene rings is 1. The number of rotatable bonds is 4. The Kier molecular flexibility index (Phi) is 6.56. The molecule has 0 unspecified atom stereocenters. The number of amides is 1. The van der Waals surface area contributed by atoms with E-state index < -0.39 is 0 Å². The summed E-state index contributed by atoms with van der Waals surface area (Å²) in [4.78, 5) is 15.0. The smallest absolute Gasteiger partial charge is 0.223 e. The first-order valence-electron chi connectivity index (χ1n) is 9.48. The molecule has 1 N–H and O–H groups in total. The van der Waals surface area contributed by atoms with E-state index in [1.54, 1.807) is 0 Å². The van der Waals surface area contributed by atoms with Crippen molar-refractivity contribution in [3.05, 3.63) is 34.9 Å². The predicted octanol–water partition coefficient (Wildman–Crippen LogP) is 4.39. The fourth-order valence-corrected chi connectivity index (χ4v) is 4.20. The number of hydrogen-bond donors (Lipinski definition) is 1. The Bertz CT molecular complexity index is 532. The van der Waals surface area contributed by atoms with Crippen LogP contribution in [0.5, 0.6) is 0 Å². The van der Waals surface area contributed by atoms with Crippen molar-refractivity contribution in [2.45, 2.75) is 64.0 Å². The van der Waals surface area contributed by atoms with Crippen molar-refractivity contribution >= 4 is 17.5 Å². The van der Waals surface area contributed by atoms with Gasteiger partial charge in [0.25, 0.3) is 0 Å². The van der Waals surface area contributed by atoms with Gasteiger partial charge in [-0.2, -0.15) is 0 Å². The molecule has 0 aromatic heterocycles. The lowest BCUT2D eigenvalue weighted by Crippen LogP contribution is -2.43. The molecule has 4 heteroatoms. The predicted molar refractivity (Wildman–Crippen MR) is 99.1 cm³/mol. The maximum atomic E-state index is 12.5. The van der Waals surface area contributed by atoms with Crippen LogP contribution in [-0.2, 0) is 11.3 Å². The molecule has 3 nitrogen and oxygen atoms in total. The largest absolute Gasteiger partial charge is 0.353 e. The van der Waals surface area contributed by atoms with Gasteiger partial charge in [-0.1, -0.05) is 49.4 Å². The van der Waals surface area contributed by atoms with E-state index in [0.717, 1.165) is 37.5 Å². The number of nitrogens with one attached hydrogen (secondary N) is 1. The van der Waals surface area contributed by atoms with Crippen LogP contribution in [0.4, 0.5) is 0 Å². The number of likely N-dealkylation sites (tertiary alicyclic amines) is 1. The molecule has 3 rings (SSSR count). The summed E-state index contributed by atoms with van der Waals surface area (Å²) in [6.45, 7) is 2.92. The second-order valence-corrected chi connectivity index (χ2v) is 7.81. The van der Waals surface area contributed by atoms with E-state index in [4.69, 9.17) is 11.6 Å². The van der Waals surface area contributed by atoms with Gasteiger partial charge in [-0.3, -0.25) is 9.69 Å². The minimum absolute atomic E-state index is 0.198. The number of carbonyl (C=O) groups excluding carboxylic acids is 1. The standard InChI is InChI=1S/C20H29ClN2O/c21-18-7-5-6-16(14-18)15-23-12-10-17(11-13-23)20(24)22-19-8-3-1-2-4-9-19/h5-7,14,17,19H,1-4,8-13,15H2,(H,22,24). The van der Waals surface area contributed by atoms with Gasteiger partial charge in [0, 0.05) is 23.5 Å². The van der Waals surface area contributed by atoms with Crippen LogP contribution in [0.3, 0.4) is 0 Å². The number of piperidine rings is 1. The fourth-order valence-electron chi connectivity index (χ4n) is 3.99. The highest BCUT2D eigenvalue weighted by atomic mass is 35.5. The Morgan fingerprint density at radius 1 is 1.08 bits per heavy atom. The summed E-state index contributed by atoms with van der Waals surface area (Å²) in [5, 5.41) is 4.12. The lowest BCUT2D eigenvalue weighted by Gasteiger charge is -2.32. The lowest BCUT2D eigenvalue weighted by atomic mass is 9.94. The lowest BCUT2D eigenvalue weighted by molar-refractivity contribution is -0.127. The van der Waals surface area contributed by atoms with Crippen LogP contribution in [-0.4, -0.2) is 29.9 Å². The van der Waals surface area contributed by atoms with Crippen LogP contribution in [0.15, 0.2) is 24.3 Å². The first-order chi connectivity index (χ1) is 11.7. The first-order valence-corrected chi connectivity index (χ1v) is 9.86. The zero-order valence-corrected chi connectivity index (χ0v) is 15.2. The minimum atomic E-state index is 0.198. The summed E-state index contributed by atoms with van der Waals surface area (Å²) in [5.74, 6) is 0.494. The molecule has 0 bridgehead atoms. The molecule has 1 aliphatic carbocycles. The monoisotopic (exact) mass is 348 g/mol. The highest BCUT2D eigenvalue weighted by Crippen LogP contribution is 2.22. The quantitative estimate of drug-likeness (QED) is 0.818. The molecule has 1 heterocycles. The van der Waals surface area contributed by atoms with E-state index in [-0.39, 0.29) is 5.92 Å². The van der Waals surface area contributed by atoms with Crippen molar-refractivity contribution < 1.29 is 4.79 Å². The third kappa shape index (κ3) is 5.22. The van der Waals surface area contributed by atoms with Crippen molar-refractivity contribution in [1.29, 1.82) is 0 Å². The van der Waals surface area contributed by atoms with E-state index in [1.165, 1.54) is 44.1 Å². The van der Waals surface area contributed by atoms with E-state index >= 15 is 0 Å². The average Bonchev–Trinajstić information content (AvgIpc) is 2.84. The second-order valence-electron chi connectivity index (χ2n) is 7.38. The van der Waals surface area contributed by atoms with Crippen molar-refractivity contribution in [2.24, 2.45) is 5.92 Å². The summed E-state index contributed by atoms with van der Waals surface area (Å²) in [6.07, 6.45) is 9.46. The van der Waals surface area contributed by atoms with Crippen LogP contribution < -0.4 is 5.32 Å². The molecule has 1 saturated heterocycles. The molecule has 1 aliphatic heterocycles. The van der Waals surface area contributed by atoms with Gasteiger partial charge < -0.3 is 5.32 Å². The van der Waals surface area contributed by atoms with Gasteiger partial charge in [0.2, 0.25) is 5.91 Å². The zero-order chi connectivity index (χ0) is 16.8. The topological polar surface area (TPSA) is 32.3 Å². The molecule has 1 aromatic carbocycles. The van der Waals surface area contributed by atoms with Crippen LogP contribution in [0.2, 0.25) is 5.02 Å². The molecule has 0 atom stereocenters. The molecule has 2 fully saturated rings. The number of halogens is 1. The Morgan fingerprint density at radius 3 is 2.46 bits per heavy atom. The molecular weight excluding hydrogens is 320 g/mol. The molecule has 1 amide bonds. The Labute approximate surface area is 150 Å². The minimum Gasteiger partial charge on any atom is -0.353 e. The highest BCUT2D eigenvalue weighted by molar-refractivity contribution is 6.30. The van der Waals surface area contributed by atoms with Crippen LogP contribution in [0, 0.1) is 5.92 Å². The second kappa shape index (κ2) is 8.87. The van der Waals surface area contributed by atoms with Gasteiger partial charge in [-0.25, -0.2) is 0 Å². The Balaban J connectivity index is 1.43. The maximum Gasteiger partial charge on any atom is 0.223 e. The molecule has 24 heavy (non-hydrogen) atoms. The average molecular weight is 349 g/mol. The SMILES string of the molecule is O=C(NC1CCCCCC1)C1CCN(Cc2cccc(Cl)c2)CC1. The van der Waals surface area contributed by atoms with E-state index in [9.17, 15) is 4.79 Å². The van der Waals surface area contributed by atoms with E-state index in [0.29, 0.717) is 11.9 Å². The molecule has 1 saturated carbocycles. The summed E-state index contributed by atoms with van der Waals surface area (Å²) in [7, 11) is 0. The van der Waals surface area contributed by atoms with E-state index in [1.807, 2.05) is 18.2 Å². The van der Waals surface area contributed by atoms with Gasteiger partial charge in [-0.15, -0.1) is 0 Å². The van der Waals surface area contributed by atoms with Gasteiger partial charge in [0.05, 0.1) is 0 Å². The van der Waals surface area contributed by atoms with Gasteiger partial charge >= 0.3 is 0 Å². The molecular formula is C20H29ClN2O. The van der Waals surface area contributed by atoms with Gasteiger partial charge in [-0.05, 0) is 56.5 Å². The number of nitrogens with zero attached hydrogens (tertiary/aromatic N) is 1. The van der Waals surface area contributed by atoms with Crippen LogP contribution >= 0.6 is 11.6 Å². The summed E-state index contributed by atoms with van der Waals surface area (Å²) in [5.41, 5.74) is 1.25. The first kappa shape index (κ1) is 17.8. The highest BCUT2D eigenvalue weighted by Gasteiger charge is 2.26. The van der Waals surface area contributed by atoms with E-state index in [2.05, 4.69) is 16.3 Å². The van der Waals surface area contributed by atoms with Crippen molar-refractivity contribution in [3.63, 3.8) is 0 Å². The molecule has 1 aromatic rings. The third-order valence-corrected chi connectivity index (χ3v) is 5.69. The molecule has 0 spiro atoms. The fraction of sp³-hybridized carbons (Fsp3) is 0.650. The summed E-state index contributed by atoms with van der Waals surface area (Å²) in [6, 6.07) is 8.49. The van der Waals surface area contributed by atoms with Crippen molar-refractivity contribution in [1.82, 2.24) is 10.2 Å². The normalized spacial score (nSPS) is 21.4. The van der Waals surface area contributed by atoms with Crippen LogP contribution in [0.25, 0.3) is 0 Å². The van der Waals surface area contributed by atoms with Crippen molar-refractivity contribution in [3.8, 4) is 0 Å². The van der Waals surface area contributed by atoms with Gasteiger partial charge in [0.1, 0.15) is 0 Å². The summed E-state index contributed by atoms with van der Waals surface area (Å²) >= 11 is 6.06. The zero-order valence-electron chi connectivity index (χ0n) is 14.5. The Hall–Kier alpha value is -1.06. The number of hydrogen-bond acceptors (Lipinski definition) is 2. The maximum absolute atomic E-state index is 12.5. The molecule has 0 radical (unpaired) electrons. The molecule has 132 valence electrons. The Morgan fingerprint density at radius 2 is 1.79 bits per heavy atom. The third-order valence-electron chi connectivity index (χ3n) is 5.46. The summed E-state index contributed by atoms with van der Waals surface area (Å²) < 4.78 is 0. The van der Waals surface area contributed by atoms with Crippen LogP contribution in [0.1, 0.15) is 56.9 Å².